The van der Waals surface area contributed by atoms with E-state index in [0.29, 0.717) is 5.75 Å². The van der Waals surface area contributed by atoms with Crippen LogP contribution in [0.4, 0.5) is 5.69 Å². The van der Waals surface area contributed by atoms with Crippen LogP contribution in [0.15, 0.2) is 48.5 Å². The van der Waals surface area contributed by atoms with Gasteiger partial charge in [0.1, 0.15) is 5.75 Å². The summed E-state index contributed by atoms with van der Waals surface area (Å²) in [7, 11) is 0. The molecule has 0 saturated heterocycles. The van der Waals surface area contributed by atoms with Gasteiger partial charge in [-0.1, -0.05) is 24.3 Å². The van der Waals surface area contributed by atoms with Crippen LogP contribution in [0, 0.1) is 13.8 Å². The predicted octanol–water partition coefficient (Wildman–Crippen LogP) is 5.58. The molecule has 1 aromatic heterocycles. The molecule has 0 saturated carbocycles. The lowest BCUT2D eigenvalue weighted by Crippen LogP contribution is -2.31. The van der Waals surface area contributed by atoms with Crippen LogP contribution in [0.25, 0.3) is 16.5 Å². The SMILES string of the molecule is CC1=CC(C)(C)Nc2ccc(OCC(=O)n3c(C)c(C)c4ccccc43)cc21. The average Bonchev–Trinajstić information content (AvgIpc) is 2.90. The number of nitrogens with zero attached hydrogens (tertiary/aromatic N) is 1. The Balaban J connectivity index is 1.57. The number of aryl methyl sites for hydroxylation is 1. The van der Waals surface area contributed by atoms with Crippen molar-refractivity contribution < 1.29 is 9.53 Å². The third-order valence-electron chi connectivity index (χ3n) is 5.49. The van der Waals surface area contributed by atoms with Crippen LogP contribution in [-0.4, -0.2) is 22.6 Å². The number of anilines is 1. The highest BCUT2D eigenvalue weighted by molar-refractivity contribution is 5.96. The van der Waals surface area contributed by atoms with Crippen molar-refractivity contribution in [1.82, 2.24) is 4.57 Å². The van der Waals surface area contributed by atoms with E-state index in [4.69, 9.17) is 4.74 Å². The Bertz CT molecular complexity index is 1120. The lowest BCUT2D eigenvalue weighted by molar-refractivity contribution is 0.0841. The first-order valence-electron chi connectivity index (χ1n) is 9.61. The summed E-state index contributed by atoms with van der Waals surface area (Å²) in [6.45, 7) is 10.4. The number of carbonyl (C=O) groups is 1. The summed E-state index contributed by atoms with van der Waals surface area (Å²) in [6, 6.07) is 13.9. The summed E-state index contributed by atoms with van der Waals surface area (Å²) >= 11 is 0. The molecule has 0 bridgehead atoms. The molecule has 1 aliphatic heterocycles. The van der Waals surface area contributed by atoms with Gasteiger partial charge in [0.15, 0.2) is 6.61 Å². The molecule has 4 nitrogen and oxygen atoms in total. The summed E-state index contributed by atoms with van der Waals surface area (Å²) in [6.07, 6.45) is 2.21. The molecule has 0 fully saturated rings. The van der Waals surface area contributed by atoms with Gasteiger partial charge >= 0.3 is 0 Å². The van der Waals surface area contributed by atoms with Crippen molar-refractivity contribution in [1.29, 1.82) is 0 Å². The van der Waals surface area contributed by atoms with E-state index in [2.05, 4.69) is 45.2 Å². The predicted molar refractivity (Wildman–Crippen MR) is 115 cm³/mol. The van der Waals surface area contributed by atoms with Crippen LogP contribution < -0.4 is 10.1 Å². The summed E-state index contributed by atoms with van der Waals surface area (Å²) in [5.74, 6) is 0.637. The molecule has 0 radical (unpaired) electrons. The van der Waals surface area contributed by atoms with E-state index in [9.17, 15) is 4.79 Å². The molecule has 0 spiro atoms. The van der Waals surface area contributed by atoms with E-state index < -0.39 is 0 Å². The van der Waals surface area contributed by atoms with E-state index in [-0.39, 0.29) is 18.1 Å². The number of hydrogen-bond donors (Lipinski definition) is 1. The van der Waals surface area contributed by atoms with E-state index in [0.717, 1.165) is 33.4 Å². The number of benzene rings is 2. The highest BCUT2D eigenvalue weighted by atomic mass is 16.5. The Morgan fingerprint density at radius 1 is 1.11 bits per heavy atom. The van der Waals surface area contributed by atoms with Crippen LogP contribution in [0.3, 0.4) is 0 Å². The Labute approximate surface area is 165 Å². The van der Waals surface area contributed by atoms with Gasteiger partial charge in [-0.2, -0.15) is 0 Å². The highest BCUT2D eigenvalue weighted by Gasteiger charge is 2.23. The molecule has 0 atom stereocenters. The van der Waals surface area contributed by atoms with Gasteiger partial charge in [-0.05, 0) is 70.0 Å². The number of rotatable bonds is 3. The van der Waals surface area contributed by atoms with Crippen molar-refractivity contribution in [3.8, 4) is 5.75 Å². The molecular formula is C24H26N2O2. The van der Waals surface area contributed by atoms with Crippen LogP contribution in [0.1, 0.15) is 42.4 Å². The molecule has 0 aliphatic carbocycles. The summed E-state index contributed by atoms with van der Waals surface area (Å²) in [5.41, 5.74) is 6.37. The fourth-order valence-corrected chi connectivity index (χ4v) is 4.11. The first kappa shape index (κ1) is 18.4. The smallest absolute Gasteiger partial charge is 0.269 e. The summed E-state index contributed by atoms with van der Waals surface area (Å²) in [5, 5.41) is 4.62. The van der Waals surface area contributed by atoms with E-state index in [1.807, 2.05) is 43.3 Å². The maximum Gasteiger partial charge on any atom is 0.269 e. The Hall–Kier alpha value is -3.01. The summed E-state index contributed by atoms with van der Waals surface area (Å²) in [4.78, 5) is 12.9. The molecule has 3 aromatic rings. The van der Waals surface area contributed by atoms with E-state index in [1.54, 1.807) is 4.57 Å². The standard InChI is InChI=1S/C24H26N2O2/c1-15-13-24(4,5)25-21-11-10-18(12-20(15)21)28-14-23(27)26-17(3)16(2)19-8-6-7-9-22(19)26/h6-13,25H,14H2,1-5H3. The van der Waals surface area contributed by atoms with Gasteiger partial charge in [-0.15, -0.1) is 0 Å². The zero-order valence-electron chi connectivity index (χ0n) is 17.1. The first-order valence-corrected chi connectivity index (χ1v) is 9.61. The lowest BCUT2D eigenvalue weighted by Gasteiger charge is -2.31. The minimum atomic E-state index is -0.0692. The Morgan fingerprint density at radius 3 is 2.64 bits per heavy atom. The van der Waals surface area contributed by atoms with Crippen LogP contribution >= 0.6 is 0 Å². The number of allylic oxidation sites excluding steroid dienone is 1. The Morgan fingerprint density at radius 2 is 1.86 bits per heavy atom. The quantitative estimate of drug-likeness (QED) is 0.650. The van der Waals surface area contributed by atoms with Gasteiger partial charge in [0, 0.05) is 22.3 Å². The molecule has 1 N–H and O–H groups in total. The van der Waals surface area contributed by atoms with E-state index >= 15 is 0 Å². The maximum absolute atomic E-state index is 12.9. The second-order valence-electron chi connectivity index (χ2n) is 8.13. The largest absolute Gasteiger partial charge is 0.484 e. The van der Waals surface area contributed by atoms with Gasteiger partial charge < -0.3 is 10.1 Å². The fourth-order valence-electron chi connectivity index (χ4n) is 4.11. The van der Waals surface area contributed by atoms with Gasteiger partial charge in [-0.3, -0.25) is 9.36 Å². The maximum atomic E-state index is 12.9. The average molecular weight is 374 g/mol. The zero-order valence-corrected chi connectivity index (χ0v) is 17.1. The Kier molecular flexibility index (Phi) is 4.30. The van der Waals surface area contributed by atoms with Gasteiger partial charge in [0.2, 0.25) is 0 Å². The van der Waals surface area contributed by atoms with Crippen molar-refractivity contribution in [3.63, 3.8) is 0 Å². The number of nitrogens with one attached hydrogen (secondary N) is 1. The molecule has 28 heavy (non-hydrogen) atoms. The van der Waals surface area contributed by atoms with Crippen LogP contribution in [-0.2, 0) is 0 Å². The van der Waals surface area contributed by atoms with Gasteiger partial charge in [-0.25, -0.2) is 0 Å². The zero-order chi connectivity index (χ0) is 20.1. The van der Waals surface area contributed by atoms with Crippen molar-refractivity contribution in [2.24, 2.45) is 0 Å². The summed E-state index contributed by atoms with van der Waals surface area (Å²) < 4.78 is 7.64. The molecule has 2 aromatic carbocycles. The second kappa shape index (κ2) is 6.55. The topological polar surface area (TPSA) is 43.3 Å². The molecular weight excluding hydrogens is 348 g/mol. The molecule has 144 valence electrons. The highest BCUT2D eigenvalue weighted by Crippen LogP contribution is 2.35. The molecule has 0 amide bonds. The molecule has 4 heteroatoms. The van der Waals surface area contributed by atoms with Crippen molar-refractivity contribution in [2.75, 3.05) is 11.9 Å². The van der Waals surface area contributed by atoms with Crippen LogP contribution in [0.5, 0.6) is 5.75 Å². The number of ether oxygens (including phenoxy) is 1. The molecule has 1 aliphatic rings. The van der Waals surface area contributed by atoms with Crippen molar-refractivity contribution in [2.45, 2.75) is 40.2 Å². The monoisotopic (exact) mass is 374 g/mol. The second-order valence-corrected chi connectivity index (χ2v) is 8.13. The number of para-hydroxylation sites is 1. The van der Waals surface area contributed by atoms with Crippen molar-refractivity contribution in [3.05, 3.63) is 65.4 Å². The minimum Gasteiger partial charge on any atom is -0.484 e. The minimum absolute atomic E-state index is 0.000571. The van der Waals surface area contributed by atoms with Crippen LogP contribution in [0.2, 0.25) is 0 Å². The number of carbonyl (C=O) groups excluding carboxylic acids is 1. The van der Waals surface area contributed by atoms with E-state index in [1.165, 1.54) is 5.57 Å². The number of hydrogen-bond acceptors (Lipinski definition) is 3. The molecule has 2 heterocycles. The number of aromatic nitrogens is 1. The van der Waals surface area contributed by atoms with Gasteiger partial charge in [0.05, 0.1) is 11.1 Å². The molecule has 0 unspecified atom stereocenters. The lowest BCUT2D eigenvalue weighted by atomic mass is 9.91. The molecule has 4 rings (SSSR count). The number of fused-ring (bicyclic) bond motifs is 2. The normalized spacial score (nSPS) is 15.0. The first-order chi connectivity index (χ1) is 13.3. The van der Waals surface area contributed by atoms with Gasteiger partial charge in [0.25, 0.3) is 5.91 Å². The third kappa shape index (κ3) is 3.09. The fraction of sp³-hybridized carbons (Fsp3) is 0.292. The van der Waals surface area contributed by atoms with Crippen molar-refractivity contribution >= 4 is 28.1 Å². The third-order valence-corrected chi connectivity index (χ3v) is 5.49.